The molecule has 3 heterocycles. The molecule has 20 heavy (non-hydrogen) atoms. The van der Waals surface area contributed by atoms with Crippen molar-refractivity contribution in [2.75, 3.05) is 19.7 Å². The maximum absolute atomic E-state index is 5.79. The molecule has 0 unspecified atom stereocenters. The molecule has 1 N–H and O–H groups in total. The first-order chi connectivity index (χ1) is 9.74. The monoisotopic (exact) mass is 273 g/mol. The molecule has 6 nitrogen and oxygen atoms in total. The lowest BCUT2D eigenvalue weighted by Gasteiger charge is -2.36. The fraction of sp³-hybridized carbons (Fsp3) is 0.500. The molecule has 2 aromatic heterocycles. The molecular formula is C14H19N5O. The Morgan fingerprint density at radius 2 is 2.20 bits per heavy atom. The van der Waals surface area contributed by atoms with E-state index in [-0.39, 0.29) is 6.10 Å². The number of nitrogens with one attached hydrogen (secondary N) is 1. The lowest BCUT2D eigenvalue weighted by molar-refractivity contribution is -0.0470. The number of aromatic nitrogens is 4. The minimum absolute atomic E-state index is 0.0574. The first-order valence-electron chi connectivity index (χ1n) is 6.88. The van der Waals surface area contributed by atoms with Gasteiger partial charge in [-0.25, -0.2) is 4.98 Å². The van der Waals surface area contributed by atoms with Crippen LogP contribution in [0.5, 0.6) is 0 Å². The van der Waals surface area contributed by atoms with Crippen molar-refractivity contribution in [3.8, 4) is 0 Å². The van der Waals surface area contributed by atoms with Crippen LogP contribution in [0.15, 0.2) is 24.5 Å². The molecule has 0 bridgehead atoms. The van der Waals surface area contributed by atoms with Crippen molar-refractivity contribution in [3.05, 3.63) is 41.7 Å². The molecule has 106 valence electrons. The molecule has 0 aliphatic carbocycles. The molecule has 0 radical (unpaired) electrons. The molecule has 3 rings (SSSR count). The fourth-order valence-corrected chi connectivity index (χ4v) is 2.53. The molecule has 1 saturated heterocycles. The highest BCUT2D eigenvalue weighted by Gasteiger charge is 2.28. The Balaban J connectivity index is 1.72. The lowest BCUT2D eigenvalue weighted by atomic mass is 10.1. The van der Waals surface area contributed by atoms with E-state index in [9.17, 15) is 0 Å². The largest absolute Gasteiger partial charge is 0.367 e. The van der Waals surface area contributed by atoms with E-state index >= 15 is 0 Å². The fourth-order valence-electron chi connectivity index (χ4n) is 2.53. The molecule has 2 aromatic rings. The van der Waals surface area contributed by atoms with Gasteiger partial charge in [-0.1, -0.05) is 0 Å². The molecule has 0 saturated carbocycles. The minimum atomic E-state index is -0.0574. The van der Waals surface area contributed by atoms with Crippen molar-refractivity contribution >= 4 is 0 Å². The number of aromatic amines is 1. The van der Waals surface area contributed by atoms with Crippen molar-refractivity contribution in [1.29, 1.82) is 0 Å². The van der Waals surface area contributed by atoms with Crippen molar-refractivity contribution in [1.82, 2.24) is 25.1 Å². The van der Waals surface area contributed by atoms with Crippen LogP contribution in [0.3, 0.4) is 0 Å². The topological polar surface area (TPSA) is 66.9 Å². The number of rotatable bonds is 3. The Hall–Kier alpha value is -1.79. The molecule has 1 aliphatic heterocycles. The average Bonchev–Trinajstić information content (AvgIpc) is 2.94. The summed E-state index contributed by atoms with van der Waals surface area (Å²) in [6.45, 7) is 6.54. The van der Waals surface area contributed by atoms with Gasteiger partial charge >= 0.3 is 0 Å². The van der Waals surface area contributed by atoms with E-state index in [0.717, 1.165) is 24.7 Å². The molecule has 0 spiro atoms. The van der Waals surface area contributed by atoms with Crippen LogP contribution >= 0.6 is 0 Å². The second-order valence-corrected chi connectivity index (χ2v) is 5.09. The number of H-pyrrole nitrogens is 1. The van der Waals surface area contributed by atoms with Gasteiger partial charge in [0.05, 0.1) is 6.61 Å². The normalized spacial score (nSPS) is 21.8. The third kappa shape index (κ3) is 2.71. The zero-order valence-electron chi connectivity index (χ0n) is 11.8. The van der Waals surface area contributed by atoms with Crippen LogP contribution in [0.1, 0.15) is 36.3 Å². The number of ether oxygens (including phenoxy) is 1. The Morgan fingerprint density at radius 3 is 2.90 bits per heavy atom. The summed E-state index contributed by atoms with van der Waals surface area (Å²) in [6, 6.07) is 4.46. The van der Waals surface area contributed by atoms with Gasteiger partial charge in [0.15, 0.2) is 5.82 Å². The first-order valence-corrected chi connectivity index (χ1v) is 6.88. The van der Waals surface area contributed by atoms with Gasteiger partial charge < -0.3 is 4.74 Å². The summed E-state index contributed by atoms with van der Waals surface area (Å²) in [5.74, 6) is 1.57. The molecule has 1 aliphatic rings. The molecule has 1 fully saturated rings. The molecule has 0 aromatic carbocycles. The molecule has 2 atom stereocenters. The van der Waals surface area contributed by atoms with Crippen molar-refractivity contribution in [2.45, 2.75) is 26.0 Å². The van der Waals surface area contributed by atoms with Gasteiger partial charge in [0.2, 0.25) is 0 Å². The first kappa shape index (κ1) is 13.2. The van der Waals surface area contributed by atoms with Gasteiger partial charge in [-0.05, 0) is 31.5 Å². The number of hydrogen-bond acceptors (Lipinski definition) is 5. The van der Waals surface area contributed by atoms with Crippen LogP contribution in [0.2, 0.25) is 0 Å². The zero-order valence-corrected chi connectivity index (χ0v) is 11.8. The van der Waals surface area contributed by atoms with Crippen LogP contribution in [-0.4, -0.2) is 44.8 Å². The highest BCUT2D eigenvalue weighted by atomic mass is 16.5. The van der Waals surface area contributed by atoms with Crippen molar-refractivity contribution < 1.29 is 4.74 Å². The second kappa shape index (κ2) is 5.68. The van der Waals surface area contributed by atoms with Crippen LogP contribution in [0, 0.1) is 6.92 Å². The van der Waals surface area contributed by atoms with Gasteiger partial charge in [0, 0.05) is 31.5 Å². The number of hydrogen-bond donors (Lipinski definition) is 1. The van der Waals surface area contributed by atoms with E-state index in [2.05, 4.69) is 44.1 Å². The summed E-state index contributed by atoms with van der Waals surface area (Å²) in [7, 11) is 0. The van der Waals surface area contributed by atoms with Crippen LogP contribution in [-0.2, 0) is 4.74 Å². The van der Waals surface area contributed by atoms with Crippen molar-refractivity contribution in [3.63, 3.8) is 0 Å². The second-order valence-electron chi connectivity index (χ2n) is 5.09. The van der Waals surface area contributed by atoms with Crippen LogP contribution < -0.4 is 0 Å². The predicted molar refractivity (Wildman–Crippen MR) is 74.0 cm³/mol. The number of aryl methyl sites for hydroxylation is 1. The SMILES string of the molecule is Cc1nc([C@H]2CN([C@@H](C)c3ccncc3)CCO2)n[nH]1. The molecule has 6 heteroatoms. The Morgan fingerprint density at radius 1 is 1.40 bits per heavy atom. The maximum Gasteiger partial charge on any atom is 0.180 e. The summed E-state index contributed by atoms with van der Waals surface area (Å²) >= 11 is 0. The van der Waals surface area contributed by atoms with Gasteiger partial charge in [0.1, 0.15) is 11.9 Å². The summed E-state index contributed by atoms with van der Waals surface area (Å²) in [5, 5.41) is 7.08. The summed E-state index contributed by atoms with van der Waals surface area (Å²) in [5.41, 5.74) is 1.27. The Labute approximate surface area is 118 Å². The third-order valence-corrected chi connectivity index (χ3v) is 3.74. The molecular weight excluding hydrogens is 254 g/mol. The number of pyridine rings is 1. The maximum atomic E-state index is 5.79. The van der Waals surface area contributed by atoms with Crippen molar-refractivity contribution in [2.24, 2.45) is 0 Å². The number of morpholine rings is 1. The highest BCUT2D eigenvalue weighted by Crippen LogP contribution is 2.26. The summed E-state index contributed by atoms with van der Waals surface area (Å²) < 4.78 is 5.79. The average molecular weight is 273 g/mol. The summed E-state index contributed by atoms with van der Waals surface area (Å²) in [4.78, 5) is 10.8. The van der Waals surface area contributed by atoms with Gasteiger partial charge in [-0.2, -0.15) is 5.10 Å². The van der Waals surface area contributed by atoms with Crippen LogP contribution in [0.25, 0.3) is 0 Å². The Kier molecular flexibility index (Phi) is 3.75. The minimum Gasteiger partial charge on any atom is -0.367 e. The standard InChI is InChI=1S/C14H19N5O/c1-10(12-3-5-15-6-4-12)19-7-8-20-13(9-19)14-16-11(2)17-18-14/h3-6,10,13H,7-9H2,1-2H3,(H,16,17,18)/t10-,13+/m0/s1. The smallest absolute Gasteiger partial charge is 0.180 e. The van der Waals surface area contributed by atoms with E-state index in [1.807, 2.05) is 19.3 Å². The number of nitrogens with zero attached hydrogens (tertiary/aromatic N) is 4. The lowest BCUT2D eigenvalue weighted by Crippen LogP contribution is -2.40. The summed E-state index contributed by atoms with van der Waals surface area (Å²) in [6.07, 6.45) is 3.61. The van der Waals surface area contributed by atoms with E-state index in [1.165, 1.54) is 5.56 Å². The van der Waals surface area contributed by atoms with Crippen LogP contribution in [0.4, 0.5) is 0 Å². The van der Waals surface area contributed by atoms with Gasteiger partial charge in [-0.15, -0.1) is 0 Å². The zero-order chi connectivity index (χ0) is 13.9. The van der Waals surface area contributed by atoms with E-state index in [1.54, 1.807) is 0 Å². The van der Waals surface area contributed by atoms with E-state index in [0.29, 0.717) is 12.6 Å². The highest BCUT2D eigenvalue weighted by molar-refractivity contribution is 5.14. The quantitative estimate of drug-likeness (QED) is 0.921. The third-order valence-electron chi connectivity index (χ3n) is 3.74. The van der Waals surface area contributed by atoms with E-state index in [4.69, 9.17) is 4.74 Å². The van der Waals surface area contributed by atoms with E-state index < -0.39 is 0 Å². The molecule has 0 amide bonds. The predicted octanol–water partition coefficient (Wildman–Crippen LogP) is 1.64. The van der Waals surface area contributed by atoms with Gasteiger partial charge in [0.25, 0.3) is 0 Å². The van der Waals surface area contributed by atoms with Gasteiger partial charge in [-0.3, -0.25) is 15.0 Å². The Bertz CT molecular complexity index is 556.